The lowest BCUT2D eigenvalue weighted by Crippen LogP contribution is -2.17. The summed E-state index contributed by atoms with van der Waals surface area (Å²) in [5.74, 6) is 0. The Bertz CT molecular complexity index is 258. The van der Waals surface area contributed by atoms with E-state index in [1.54, 1.807) is 17.0 Å². The van der Waals surface area contributed by atoms with Crippen LogP contribution in [0, 0.1) is 7.05 Å². The molecule has 13 heavy (non-hydrogen) atoms. The summed E-state index contributed by atoms with van der Waals surface area (Å²) in [5, 5.41) is 10.3. The van der Waals surface area contributed by atoms with Gasteiger partial charge in [0.15, 0.2) is 0 Å². The van der Waals surface area contributed by atoms with Crippen molar-refractivity contribution >= 4 is 11.6 Å². The standard InChI is InChI=1S/C10H13ClNO/c1-12(2)7-10(13)8-3-5-9(11)6-4-8/h3-6,10,13H,1,7H2,2H3. The van der Waals surface area contributed by atoms with E-state index in [4.69, 9.17) is 11.6 Å². The van der Waals surface area contributed by atoms with Crippen LogP contribution in [0.4, 0.5) is 0 Å². The van der Waals surface area contributed by atoms with E-state index >= 15 is 0 Å². The van der Waals surface area contributed by atoms with Gasteiger partial charge in [-0.3, -0.25) is 0 Å². The molecule has 0 amide bonds. The van der Waals surface area contributed by atoms with Crippen LogP contribution >= 0.6 is 11.6 Å². The minimum absolute atomic E-state index is 0.500. The van der Waals surface area contributed by atoms with Gasteiger partial charge in [-0.2, -0.15) is 0 Å². The number of hydrogen-bond donors (Lipinski definition) is 1. The molecule has 71 valence electrons. The van der Waals surface area contributed by atoms with Crippen molar-refractivity contribution in [3.63, 3.8) is 0 Å². The summed E-state index contributed by atoms with van der Waals surface area (Å²) >= 11 is 5.72. The zero-order chi connectivity index (χ0) is 9.84. The molecule has 0 aliphatic heterocycles. The van der Waals surface area contributed by atoms with Gasteiger partial charge in [0.2, 0.25) is 0 Å². The Labute approximate surface area is 83.7 Å². The highest BCUT2D eigenvalue weighted by Gasteiger charge is 2.07. The van der Waals surface area contributed by atoms with Crippen LogP contribution in [-0.2, 0) is 0 Å². The van der Waals surface area contributed by atoms with Crippen LogP contribution in [0.3, 0.4) is 0 Å². The zero-order valence-corrected chi connectivity index (χ0v) is 8.33. The van der Waals surface area contributed by atoms with E-state index in [1.807, 2.05) is 19.2 Å². The minimum atomic E-state index is -0.500. The highest BCUT2D eigenvalue weighted by Crippen LogP contribution is 2.16. The molecular formula is C10H13ClNO. The molecule has 1 N–H and O–H groups in total. The van der Waals surface area contributed by atoms with Crippen LogP contribution in [-0.4, -0.2) is 23.6 Å². The molecule has 1 aromatic rings. The molecule has 0 saturated heterocycles. The summed E-state index contributed by atoms with van der Waals surface area (Å²) in [4.78, 5) is 1.69. The lowest BCUT2D eigenvalue weighted by molar-refractivity contribution is 0.144. The third kappa shape index (κ3) is 3.35. The number of aliphatic hydroxyl groups is 1. The molecule has 0 aliphatic rings. The average molecular weight is 199 g/mol. The molecule has 0 fully saturated rings. The van der Waals surface area contributed by atoms with Gasteiger partial charge in [0, 0.05) is 18.6 Å². The summed E-state index contributed by atoms with van der Waals surface area (Å²) in [6.45, 7) is 0.516. The Morgan fingerprint density at radius 1 is 1.46 bits per heavy atom. The SMILES string of the molecule is [CH2]N(C)CC(O)c1ccc(Cl)cc1. The Morgan fingerprint density at radius 3 is 2.46 bits per heavy atom. The maximum absolute atomic E-state index is 9.66. The van der Waals surface area contributed by atoms with Crippen LogP contribution in [0.2, 0.25) is 5.02 Å². The molecule has 0 saturated carbocycles. The van der Waals surface area contributed by atoms with Crippen LogP contribution in [0.15, 0.2) is 24.3 Å². The second-order valence-corrected chi connectivity index (χ2v) is 3.54. The van der Waals surface area contributed by atoms with E-state index in [0.29, 0.717) is 11.6 Å². The molecule has 1 unspecified atom stereocenters. The largest absolute Gasteiger partial charge is 0.387 e. The Morgan fingerprint density at radius 2 is 2.00 bits per heavy atom. The normalized spacial score (nSPS) is 13.3. The van der Waals surface area contributed by atoms with Gasteiger partial charge in [-0.25, -0.2) is 0 Å². The van der Waals surface area contributed by atoms with Crippen molar-refractivity contribution < 1.29 is 5.11 Å². The number of aliphatic hydroxyl groups excluding tert-OH is 1. The lowest BCUT2D eigenvalue weighted by atomic mass is 10.1. The first-order chi connectivity index (χ1) is 6.09. The molecule has 1 atom stereocenters. The lowest BCUT2D eigenvalue weighted by Gasteiger charge is -2.15. The van der Waals surface area contributed by atoms with E-state index < -0.39 is 6.10 Å². The monoisotopic (exact) mass is 198 g/mol. The molecule has 3 heteroatoms. The van der Waals surface area contributed by atoms with Crippen LogP contribution in [0.25, 0.3) is 0 Å². The van der Waals surface area contributed by atoms with Crippen molar-refractivity contribution in [2.45, 2.75) is 6.10 Å². The highest BCUT2D eigenvalue weighted by atomic mass is 35.5. The maximum atomic E-state index is 9.66. The fourth-order valence-corrected chi connectivity index (χ4v) is 1.21. The second kappa shape index (κ2) is 4.61. The number of nitrogens with zero attached hydrogens (tertiary/aromatic N) is 1. The average Bonchev–Trinajstić information content (AvgIpc) is 2.04. The highest BCUT2D eigenvalue weighted by molar-refractivity contribution is 6.30. The molecular weight excluding hydrogens is 186 g/mol. The second-order valence-electron chi connectivity index (χ2n) is 3.11. The topological polar surface area (TPSA) is 23.5 Å². The van der Waals surface area contributed by atoms with Crippen molar-refractivity contribution in [1.82, 2.24) is 4.90 Å². The molecule has 0 spiro atoms. The summed E-state index contributed by atoms with van der Waals surface area (Å²) in [7, 11) is 5.49. The number of likely N-dealkylation sites (N-methyl/N-ethyl adjacent to an activating group) is 1. The fourth-order valence-electron chi connectivity index (χ4n) is 1.09. The third-order valence-electron chi connectivity index (χ3n) is 1.74. The van der Waals surface area contributed by atoms with Crippen molar-refractivity contribution in [1.29, 1.82) is 0 Å². The minimum Gasteiger partial charge on any atom is -0.387 e. The maximum Gasteiger partial charge on any atom is 0.0916 e. The molecule has 0 heterocycles. The van der Waals surface area contributed by atoms with Gasteiger partial charge in [-0.15, -0.1) is 0 Å². The van der Waals surface area contributed by atoms with Crippen LogP contribution in [0.1, 0.15) is 11.7 Å². The molecule has 1 rings (SSSR count). The van der Waals surface area contributed by atoms with Gasteiger partial charge in [-0.05, 0) is 24.7 Å². The number of benzene rings is 1. The first-order valence-corrected chi connectivity index (χ1v) is 4.42. The van der Waals surface area contributed by atoms with Gasteiger partial charge in [-0.1, -0.05) is 23.7 Å². The van der Waals surface area contributed by atoms with E-state index in [1.165, 1.54) is 0 Å². The van der Waals surface area contributed by atoms with E-state index in [2.05, 4.69) is 7.05 Å². The third-order valence-corrected chi connectivity index (χ3v) is 1.99. The van der Waals surface area contributed by atoms with Gasteiger partial charge in [0.25, 0.3) is 0 Å². The van der Waals surface area contributed by atoms with Crippen molar-refractivity contribution in [2.24, 2.45) is 0 Å². The molecule has 0 bridgehead atoms. The van der Waals surface area contributed by atoms with Gasteiger partial charge < -0.3 is 10.0 Å². The number of hydrogen-bond acceptors (Lipinski definition) is 2. The first kappa shape index (κ1) is 10.5. The fraction of sp³-hybridized carbons (Fsp3) is 0.300. The van der Waals surface area contributed by atoms with Crippen LogP contribution < -0.4 is 0 Å². The molecule has 1 aromatic carbocycles. The summed E-state index contributed by atoms with van der Waals surface area (Å²) in [5.41, 5.74) is 0.861. The van der Waals surface area contributed by atoms with E-state index in [0.717, 1.165) is 5.56 Å². The van der Waals surface area contributed by atoms with Gasteiger partial charge in [0.05, 0.1) is 6.10 Å². The molecule has 2 nitrogen and oxygen atoms in total. The van der Waals surface area contributed by atoms with E-state index in [9.17, 15) is 5.11 Å². The molecule has 1 radical (unpaired) electrons. The van der Waals surface area contributed by atoms with E-state index in [-0.39, 0.29) is 0 Å². The van der Waals surface area contributed by atoms with Gasteiger partial charge in [0.1, 0.15) is 0 Å². The van der Waals surface area contributed by atoms with Gasteiger partial charge >= 0.3 is 0 Å². The Kier molecular flexibility index (Phi) is 3.72. The van der Waals surface area contributed by atoms with Crippen molar-refractivity contribution in [2.75, 3.05) is 13.6 Å². The molecule has 0 aromatic heterocycles. The first-order valence-electron chi connectivity index (χ1n) is 4.05. The Hall–Kier alpha value is -0.570. The van der Waals surface area contributed by atoms with Crippen molar-refractivity contribution in [3.05, 3.63) is 41.9 Å². The quantitative estimate of drug-likeness (QED) is 0.804. The summed E-state index contributed by atoms with van der Waals surface area (Å²) < 4.78 is 0. The number of halogens is 1. The predicted octanol–water partition coefficient (Wildman–Crippen LogP) is 2.10. The molecule has 0 aliphatic carbocycles. The zero-order valence-electron chi connectivity index (χ0n) is 7.57. The Balaban J connectivity index is 2.66. The van der Waals surface area contributed by atoms with Crippen molar-refractivity contribution in [3.8, 4) is 0 Å². The number of rotatable bonds is 3. The summed E-state index contributed by atoms with van der Waals surface area (Å²) in [6.07, 6.45) is -0.500. The summed E-state index contributed by atoms with van der Waals surface area (Å²) in [6, 6.07) is 7.17. The smallest absolute Gasteiger partial charge is 0.0916 e. The predicted molar refractivity (Wildman–Crippen MR) is 54.4 cm³/mol. The van der Waals surface area contributed by atoms with Crippen LogP contribution in [0.5, 0.6) is 0 Å².